The van der Waals surface area contributed by atoms with Crippen LogP contribution in [0.4, 0.5) is 10.2 Å². The maximum atomic E-state index is 13.7. The van der Waals surface area contributed by atoms with E-state index >= 15 is 0 Å². The van der Waals surface area contributed by atoms with Crippen molar-refractivity contribution in [3.63, 3.8) is 0 Å². The smallest absolute Gasteiger partial charge is 0.347 e. The first-order chi connectivity index (χ1) is 10.7. The topological polar surface area (TPSA) is 59.4 Å². The maximum absolute atomic E-state index is 13.7. The van der Waals surface area contributed by atoms with Gasteiger partial charge in [0.15, 0.2) is 11.6 Å². The van der Waals surface area contributed by atoms with Crippen molar-refractivity contribution >= 4 is 23.6 Å². The monoisotopic (exact) mass is 318 g/mol. The number of anilines is 1. The number of nitrogens with one attached hydrogen (secondary N) is 1. The summed E-state index contributed by atoms with van der Waals surface area (Å²) in [4.78, 5) is 12.5. The molecular formula is C15H12ClFN4O. The Kier molecular flexibility index (Phi) is 5.65. The molecule has 0 unspecified atom stereocenters. The van der Waals surface area contributed by atoms with Crippen LogP contribution in [0.2, 0.25) is 5.02 Å². The molecule has 0 aliphatic heterocycles. The molecule has 0 saturated heterocycles. The molecular weight excluding hydrogens is 307 g/mol. The first kappa shape index (κ1) is 15.7. The van der Waals surface area contributed by atoms with Crippen LogP contribution in [0, 0.1) is 5.82 Å². The Labute approximate surface area is 131 Å². The fourth-order valence-corrected chi connectivity index (χ4v) is 1.59. The molecule has 1 N–H and O–H groups in total. The van der Waals surface area contributed by atoms with Gasteiger partial charge in [-0.1, -0.05) is 35.5 Å². The van der Waals surface area contributed by atoms with Crippen molar-refractivity contribution in [1.29, 1.82) is 0 Å². The van der Waals surface area contributed by atoms with Crippen molar-refractivity contribution in [3.8, 4) is 6.01 Å². The number of rotatable bonds is 6. The fraction of sp³-hybridized carbons (Fsp3) is 0.0667. The van der Waals surface area contributed by atoms with Gasteiger partial charge < -0.3 is 10.2 Å². The molecule has 22 heavy (non-hydrogen) atoms. The third-order valence-corrected chi connectivity index (χ3v) is 2.73. The number of allylic oxidation sites excluding steroid dienone is 1. The summed E-state index contributed by atoms with van der Waals surface area (Å²) in [7, 11) is 0. The van der Waals surface area contributed by atoms with Crippen LogP contribution in [-0.4, -0.2) is 16.2 Å². The molecule has 5 nitrogen and oxygen atoms in total. The molecule has 112 valence electrons. The molecule has 0 spiro atoms. The second-order valence-corrected chi connectivity index (χ2v) is 4.48. The lowest BCUT2D eigenvalue weighted by atomic mass is 10.2. The number of oxime groups is 1. The number of halogens is 2. The molecule has 0 saturated carbocycles. The zero-order valence-electron chi connectivity index (χ0n) is 11.5. The van der Waals surface area contributed by atoms with Gasteiger partial charge >= 0.3 is 6.01 Å². The minimum atomic E-state index is -0.587. The van der Waals surface area contributed by atoms with Gasteiger partial charge in [0.25, 0.3) is 0 Å². The number of aromatic nitrogens is 2. The Bertz CT molecular complexity index is 712. The van der Waals surface area contributed by atoms with E-state index in [4.69, 9.17) is 16.4 Å². The summed E-state index contributed by atoms with van der Waals surface area (Å²) in [5.74, 6) is -0.564. The number of benzene rings is 1. The van der Waals surface area contributed by atoms with Gasteiger partial charge in [-0.2, -0.15) is 9.97 Å². The van der Waals surface area contributed by atoms with Gasteiger partial charge in [-0.15, -0.1) is 5.73 Å². The van der Waals surface area contributed by atoms with Gasteiger partial charge in [0.2, 0.25) is 0 Å². The van der Waals surface area contributed by atoms with E-state index in [0.717, 1.165) is 11.8 Å². The quantitative estimate of drug-likeness (QED) is 0.502. The summed E-state index contributed by atoms with van der Waals surface area (Å²) in [5.41, 5.74) is 3.42. The van der Waals surface area contributed by atoms with Gasteiger partial charge in [0.1, 0.15) is 0 Å². The van der Waals surface area contributed by atoms with Gasteiger partial charge in [0.05, 0.1) is 12.4 Å². The summed E-state index contributed by atoms with van der Waals surface area (Å²) < 4.78 is 13.7. The van der Waals surface area contributed by atoms with Crippen LogP contribution >= 0.6 is 11.6 Å². The Morgan fingerprint density at radius 1 is 1.41 bits per heavy atom. The highest BCUT2D eigenvalue weighted by Crippen LogP contribution is 2.15. The van der Waals surface area contributed by atoms with Gasteiger partial charge in [-0.25, -0.2) is 4.39 Å². The number of hydrogen-bond donors (Lipinski definition) is 1. The minimum absolute atomic E-state index is 0.0226. The Balaban J connectivity index is 2.03. The van der Waals surface area contributed by atoms with Crippen LogP contribution in [0.25, 0.3) is 0 Å². The first-order valence-corrected chi connectivity index (χ1v) is 6.62. The Morgan fingerprint density at radius 3 is 2.91 bits per heavy atom. The fourth-order valence-electron chi connectivity index (χ4n) is 1.47. The molecule has 2 aromatic rings. The van der Waals surface area contributed by atoms with E-state index in [1.807, 2.05) is 12.1 Å². The molecule has 0 radical (unpaired) electrons. The van der Waals surface area contributed by atoms with Crippen molar-refractivity contribution in [3.05, 3.63) is 65.3 Å². The van der Waals surface area contributed by atoms with Gasteiger partial charge in [0, 0.05) is 17.6 Å². The molecule has 0 aliphatic rings. The van der Waals surface area contributed by atoms with Crippen LogP contribution in [0.1, 0.15) is 5.56 Å². The zero-order valence-corrected chi connectivity index (χ0v) is 12.2. The molecule has 7 heteroatoms. The zero-order chi connectivity index (χ0) is 15.8. The van der Waals surface area contributed by atoms with E-state index < -0.39 is 5.82 Å². The van der Waals surface area contributed by atoms with Crippen molar-refractivity contribution in [2.45, 2.75) is 6.54 Å². The van der Waals surface area contributed by atoms with E-state index in [1.54, 1.807) is 12.1 Å². The third-order valence-electron chi connectivity index (χ3n) is 2.48. The molecule has 0 bridgehead atoms. The predicted molar refractivity (Wildman–Crippen MR) is 83.6 cm³/mol. The lowest BCUT2D eigenvalue weighted by Gasteiger charge is -2.07. The van der Waals surface area contributed by atoms with E-state index in [2.05, 4.69) is 32.8 Å². The lowest BCUT2D eigenvalue weighted by molar-refractivity contribution is 0.314. The van der Waals surface area contributed by atoms with Crippen LogP contribution in [0.5, 0.6) is 6.01 Å². The summed E-state index contributed by atoms with van der Waals surface area (Å²) in [6.07, 6.45) is 3.77. The third kappa shape index (κ3) is 4.70. The van der Waals surface area contributed by atoms with E-state index in [9.17, 15) is 4.39 Å². The van der Waals surface area contributed by atoms with Crippen LogP contribution in [0.3, 0.4) is 0 Å². The highest BCUT2D eigenvalue weighted by Gasteiger charge is 2.07. The van der Waals surface area contributed by atoms with Crippen molar-refractivity contribution in [1.82, 2.24) is 9.97 Å². The standard InChI is InChI=1S/C15H12ClFN4O/c1-2-3-8-20-22-15-19-10-13(17)14(21-15)18-9-11-4-6-12(16)7-5-11/h3-8,10H,1,9H2,(H,18,19,21). The molecule has 1 aromatic carbocycles. The maximum Gasteiger partial charge on any atom is 0.347 e. The van der Waals surface area contributed by atoms with Gasteiger partial charge in [-0.05, 0) is 17.7 Å². The number of hydrogen-bond acceptors (Lipinski definition) is 5. The molecule has 1 heterocycles. The van der Waals surface area contributed by atoms with Crippen molar-refractivity contribution in [2.24, 2.45) is 5.16 Å². The normalized spacial score (nSPS) is 10.3. The van der Waals surface area contributed by atoms with E-state index in [0.29, 0.717) is 11.6 Å². The van der Waals surface area contributed by atoms with Crippen molar-refractivity contribution in [2.75, 3.05) is 5.32 Å². The van der Waals surface area contributed by atoms with Crippen molar-refractivity contribution < 1.29 is 9.23 Å². The molecule has 0 fully saturated rings. The molecule has 1 aromatic heterocycles. The average molecular weight is 319 g/mol. The number of nitrogens with zero attached hydrogens (tertiary/aromatic N) is 3. The Hall–Kier alpha value is -2.69. The van der Waals surface area contributed by atoms with Crippen LogP contribution in [-0.2, 0) is 6.54 Å². The second-order valence-electron chi connectivity index (χ2n) is 4.05. The van der Waals surface area contributed by atoms with Crippen LogP contribution < -0.4 is 10.2 Å². The summed E-state index contributed by atoms with van der Waals surface area (Å²) >= 11 is 5.80. The van der Waals surface area contributed by atoms with Gasteiger partial charge in [-0.3, -0.25) is 0 Å². The Morgan fingerprint density at radius 2 is 2.18 bits per heavy atom. The van der Waals surface area contributed by atoms with E-state index in [1.165, 1.54) is 12.3 Å². The molecule has 0 atom stereocenters. The lowest BCUT2D eigenvalue weighted by Crippen LogP contribution is -2.05. The second kappa shape index (κ2) is 7.93. The van der Waals surface area contributed by atoms with Crippen LogP contribution in [0.15, 0.2) is 54.0 Å². The molecule has 2 rings (SSSR count). The highest BCUT2D eigenvalue weighted by atomic mass is 35.5. The predicted octanol–water partition coefficient (Wildman–Crippen LogP) is 3.59. The SMILES string of the molecule is C=C=CC=NOc1ncc(F)c(NCc2ccc(Cl)cc2)n1. The van der Waals surface area contributed by atoms with E-state index in [-0.39, 0.29) is 11.8 Å². The average Bonchev–Trinajstić information content (AvgIpc) is 2.53. The minimum Gasteiger partial charge on any atom is -0.363 e. The highest BCUT2D eigenvalue weighted by molar-refractivity contribution is 6.30. The first-order valence-electron chi connectivity index (χ1n) is 6.24. The summed E-state index contributed by atoms with van der Waals surface area (Å²) in [6, 6.07) is 7.10. The summed E-state index contributed by atoms with van der Waals surface area (Å²) in [6.45, 7) is 3.74. The summed E-state index contributed by atoms with van der Waals surface area (Å²) in [5, 5.41) is 7.05. The molecule has 0 aliphatic carbocycles. The molecule has 0 amide bonds. The largest absolute Gasteiger partial charge is 0.363 e.